The first-order chi connectivity index (χ1) is 10.0. The number of aliphatic carboxylic acids is 1. The molecule has 1 amide bonds. The molecule has 0 saturated heterocycles. The molecule has 5 heteroatoms. The second kappa shape index (κ2) is 9.00. The number of amides is 1. The third-order valence-electron chi connectivity index (χ3n) is 3.18. The predicted molar refractivity (Wildman–Crippen MR) is 80.5 cm³/mol. The maximum atomic E-state index is 11.9. The van der Waals surface area contributed by atoms with Crippen molar-refractivity contribution in [1.82, 2.24) is 5.32 Å². The van der Waals surface area contributed by atoms with Crippen LogP contribution in [0.4, 0.5) is 0 Å². The Kier molecular flexibility index (Phi) is 7.29. The molecule has 0 unspecified atom stereocenters. The second-order valence-electron chi connectivity index (χ2n) is 5.05. The van der Waals surface area contributed by atoms with Crippen molar-refractivity contribution in [3.8, 4) is 5.75 Å². The van der Waals surface area contributed by atoms with Crippen LogP contribution in [-0.2, 0) is 16.0 Å². The third-order valence-corrected chi connectivity index (χ3v) is 3.18. The quantitative estimate of drug-likeness (QED) is 0.685. The zero-order valence-corrected chi connectivity index (χ0v) is 12.6. The van der Waals surface area contributed by atoms with Crippen LogP contribution in [0.3, 0.4) is 0 Å². The number of hydrogen-bond acceptors (Lipinski definition) is 3. The fourth-order valence-electron chi connectivity index (χ4n) is 2.09. The van der Waals surface area contributed by atoms with Crippen molar-refractivity contribution in [3.05, 3.63) is 29.3 Å². The number of carboxylic acids is 1. The highest BCUT2D eigenvalue weighted by atomic mass is 16.5. The van der Waals surface area contributed by atoms with E-state index in [1.807, 2.05) is 25.1 Å². The van der Waals surface area contributed by atoms with Crippen molar-refractivity contribution in [2.24, 2.45) is 0 Å². The fourth-order valence-corrected chi connectivity index (χ4v) is 2.09. The van der Waals surface area contributed by atoms with Crippen molar-refractivity contribution < 1.29 is 19.4 Å². The zero-order chi connectivity index (χ0) is 15.7. The smallest absolute Gasteiger partial charge is 0.303 e. The van der Waals surface area contributed by atoms with Gasteiger partial charge in [-0.2, -0.15) is 0 Å². The van der Waals surface area contributed by atoms with E-state index in [4.69, 9.17) is 9.84 Å². The van der Waals surface area contributed by atoms with E-state index in [1.54, 1.807) is 7.11 Å². The van der Waals surface area contributed by atoms with Gasteiger partial charge < -0.3 is 15.2 Å². The number of nitrogens with one attached hydrogen (secondary N) is 1. The Labute approximate surface area is 125 Å². The lowest BCUT2D eigenvalue weighted by Gasteiger charge is -2.10. The molecule has 0 aliphatic heterocycles. The molecule has 21 heavy (non-hydrogen) atoms. The molecule has 0 aliphatic carbocycles. The Hall–Kier alpha value is -2.04. The topological polar surface area (TPSA) is 75.6 Å². The first-order valence-corrected chi connectivity index (χ1v) is 7.15. The molecule has 0 aromatic heterocycles. The molecule has 1 rings (SSSR count). The van der Waals surface area contributed by atoms with Crippen molar-refractivity contribution in [2.45, 2.75) is 39.0 Å². The third kappa shape index (κ3) is 6.79. The van der Waals surface area contributed by atoms with Crippen LogP contribution in [0.25, 0.3) is 0 Å². The van der Waals surface area contributed by atoms with Crippen LogP contribution >= 0.6 is 0 Å². The molecular formula is C16H23NO4. The van der Waals surface area contributed by atoms with Gasteiger partial charge in [-0.15, -0.1) is 0 Å². The Bertz CT molecular complexity index is 485. The maximum Gasteiger partial charge on any atom is 0.303 e. The Morgan fingerprint density at radius 3 is 2.67 bits per heavy atom. The first kappa shape index (κ1) is 17.0. The van der Waals surface area contributed by atoms with E-state index in [0.29, 0.717) is 19.4 Å². The van der Waals surface area contributed by atoms with Crippen molar-refractivity contribution in [2.75, 3.05) is 13.7 Å². The van der Waals surface area contributed by atoms with E-state index < -0.39 is 5.97 Å². The standard InChI is InChI=1S/C16H23NO4/c1-12-7-8-14(21-2)13(10-12)11-15(18)17-9-5-3-4-6-16(19)20/h7-8,10H,3-6,9,11H2,1-2H3,(H,17,18)(H,19,20). The second-order valence-corrected chi connectivity index (χ2v) is 5.05. The summed E-state index contributed by atoms with van der Waals surface area (Å²) in [6, 6.07) is 5.76. The van der Waals surface area contributed by atoms with Crippen molar-refractivity contribution in [3.63, 3.8) is 0 Å². The minimum absolute atomic E-state index is 0.0443. The van der Waals surface area contributed by atoms with Gasteiger partial charge in [-0.05, 0) is 25.8 Å². The number of ether oxygens (including phenoxy) is 1. The number of hydrogen-bond donors (Lipinski definition) is 2. The number of benzene rings is 1. The molecule has 1 aromatic rings. The first-order valence-electron chi connectivity index (χ1n) is 7.15. The lowest BCUT2D eigenvalue weighted by Crippen LogP contribution is -2.26. The van der Waals surface area contributed by atoms with Crippen LogP contribution < -0.4 is 10.1 Å². The predicted octanol–water partition coefficient (Wildman–Crippen LogP) is 2.31. The zero-order valence-electron chi connectivity index (χ0n) is 12.6. The van der Waals surface area contributed by atoms with E-state index in [2.05, 4.69) is 5.32 Å². The van der Waals surface area contributed by atoms with Gasteiger partial charge in [0, 0.05) is 18.5 Å². The van der Waals surface area contributed by atoms with Crippen molar-refractivity contribution in [1.29, 1.82) is 0 Å². The SMILES string of the molecule is COc1ccc(C)cc1CC(=O)NCCCCCC(=O)O. The summed E-state index contributed by atoms with van der Waals surface area (Å²) in [7, 11) is 1.59. The molecule has 0 fully saturated rings. The van der Waals surface area contributed by atoms with Gasteiger partial charge in [-0.1, -0.05) is 24.1 Å². The van der Waals surface area contributed by atoms with Crippen LogP contribution in [0.5, 0.6) is 5.75 Å². The molecule has 0 bridgehead atoms. The molecule has 0 spiro atoms. The van der Waals surface area contributed by atoms with E-state index in [0.717, 1.165) is 29.7 Å². The lowest BCUT2D eigenvalue weighted by molar-refractivity contribution is -0.137. The molecule has 5 nitrogen and oxygen atoms in total. The van der Waals surface area contributed by atoms with Crippen LogP contribution in [-0.4, -0.2) is 30.6 Å². The summed E-state index contributed by atoms with van der Waals surface area (Å²) in [6.07, 6.45) is 2.73. The summed E-state index contributed by atoms with van der Waals surface area (Å²) in [4.78, 5) is 22.2. The highest BCUT2D eigenvalue weighted by Gasteiger charge is 2.08. The molecule has 0 saturated carbocycles. The highest BCUT2D eigenvalue weighted by molar-refractivity contribution is 5.79. The summed E-state index contributed by atoms with van der Waals surface area (Å²) in [5, 5.41) is 11.4. The van der Waals surface area contributed by atoms with Crippen LogP contribution in [0, 0.1) is 6.92 Å². The monoisotopic (exact) mass is 293 g/mol. The van der Waals surface area contributed by atoms with Gasteiger partial charge in [-0.3, -0.25) is 9.59 Å². The number of rotatable bonds is 9. The van der Waals surface area contributed by atoms with E-state index >= 15 is 0 Å². The average Bonchev–Trinajstić information content (AvgIpc) is 2.42. The molecule has 0 atom stereocenters. The van der Waals surface area contributed by atoms with Crippen LogP contribution in [0.2, 0.25) is 0 Å². The lowest BCUT2D eigenvalue weighted by atomic mass is 10.1. The Morgan fingerprint density at radius 2 is 2.00 bits per heavy atom. The minimum atomic E-state index is -0.773. The molecule has 0 radical (unpaired) electrons. The summed E-state index contributed by atoms with van der Waals surface area (Å²) in [6.45, 7) is 2.55. The van der Waals surface area contributed by atoms with Gasteiger partial charge in [0.2, 0.25) is 5.91 Å². The minimum Gasteiger partial charge on any atom is -0.496 e. The molecule has 0 heterocycles. The molecular weight excluding hydrogens is 270 g/mol. The van der Waals surface area contributed by atoms with E-state index in [9.17, 15) is 9.59 Å². The number of methoxy groups -OCH3 is 1. The Balaban J connectivity index is 2.31. The van der Waals surface area contributed by atoms with Crippen molar-refractivity contribution >= 4 is 11.9 Å². The van der Waals surface area contributed by atoms with E-state index in [1.165, 1.54) is 0 Å². The normalized spacial score (nSPS) is 10.2. The van der Waals surface area contributed by atoms with E-state index in [-0.39, 0.29) is 12.3 Å². The van der Waals surface area contributed by atoms with Gasteiger partial charge >= 0.3 is 5.97 Å². The average molecular weight is 293 g/mol. The van der Waals surface area contributed by atoms with Gasteiger partial charge in [-0.25, -0.2) is 0 Å². The summed E-state index contributed by atoms with van der Waals surface area (Å²) < 4.78 is 5.25. The number of carboxylic acid groups (broad SMARTS) is 1. The fraction of sp³-hybridized carbons (Fsp3) is 0.500. The van der Waals surface area contributed by atoms with Gasteiger partial charge in [0.05, 0.1) is 13.5 Å². The Morgan fingerprint density at radius 1 is 1.24 bits per heavy atom. The maximum absolute atomic E-state index is 11.9. The van der Waals surface area contributed by atoms with Gasteiger partial charge in [0.15, 0.2) is 0 Å². The number of unbranched alkanes of at least 4 members (excludes halogenated alkanes) is 2. The van der Waals surface area contributed by atoms with Crippen LogP contribution in [0.1, 0.15) is 36.8 Å². The molecule has 1 aromatic carbocycles. The number of carbonyl (C=O) groups excluding carboxylic acids is 1. The summed E-state index contributed by atoms with van der Waals surface area (Å²) in [5.41, 5.74) is 1.97. The largest absolute Gasteiger partial charge is 0.496 e. The molecule has 0 aliphatic rings. The number of aryl methyl sites for hydroxylation is 1. The van der Waals surface area contributed by atoms with Gasteiger partial charge in [0.25, 0.3) is 0 Å². The molecule has 116 valence electrons. The number of carbonyl (C=O) groups is 2. The summed E-state index contributed by atoms with van der Waals surface area (Å²) in [5.74, 6) is -0.0973. The highest BCUT2D eigenvalue weighted by Crippen LogP contribution is 2.20. The molecule has 2 N–H and O–H groups in total. The van der Waals surface area contributed by atoms with Gasteiger partial charge in [0.1, 0.15) is 5.75 Å². The van der Waals surface area contributed by atoms with Crippen LogP contribution in [0.15, 0.2) is 18.2 Å². The summed E-state index contributed by atoms with van der Waals surface area (Å²) >= 11 is 0.